The second kappa shape index (κ2) is 9.38. The number of carbonyl (C=O) groups excluding carboxylic acids is 1. The Morgan fingerprint density at radius 1 is 1.19 bits per heavy atom. The summed E-state index contributed by atoms with van der Waals surface area (Å²) in [5.41, 5.74) is 5.64. The lowest BCUT2D eigenvalue weighted by molar-refractivity contribution is -0.119. The molecule has 0 fully saturated rings. The number of primary amides is 1. The second-order valence-corrected chi connectivity index (χ2v) is 7.78. The van der Waals surface area contributed by atoms with Crippen LogP contribution < -0.4 is 20.0 Å². The van der Waals surface area contributed by atoms with Gasteiger partial charge < -0.3 is 15.2 Å². The van der Waals surface area contributed by atoms with Gasteiger partial charge in [0.25, 0.3) is 15.9 Å². The van der Waals surface area contributed by atoms with Gasteiger partial charge in [0.05, 0.1) is 17.7 Å². The minimum Gasteiger partial charge on any atom is -0.490 e. The van der Waals surface area contributed by atoms with Crippen LogP contribution in [0.1, 0.15) is 12.5 Å². The lowest BCUT2D eigenvalue weighted by Gasteiger charge is -2.11. The largest absolute Gasteiger partial charge is 0.490 e. The lowest BCUT2D eigenvalue weighted by Crippen LogP contribution is -2.20. The maximum Gasteiger partial charge on any atom is 0.276 e. The Balaban J connectivity index is 2.12. The summed E-state index contributed by atoms with van der Waals surface area (Å²) in [5, 5.41) is 3.77. The minimum atomic E-state index is -3.77. The summed E-state index contributed by atoms with van der Waals surface area (Å²) in [6.45, 7) is 1.90. The van der Waals surface area contributed by atoms with E-state index < -0.39 is 15.9 Å². The van der Waals surface area contributed by atoms with Crippen LogP contribution in [0, 0.1) is 0 Å². The first-order valence-corrected chi connectivity index (χ1v) is 10.1. The van der Waals surface area contributed by atoms with E-state index in [9.17, 15) is 13.2 Å². The number of amides is 1. The van der Waals surface area contributed by atoms with Gasteiger partial charge >= 0.3 is 0 Å². The average molecular weight is 456 g/mol. The number of hydrogen-bond acceptors (Lipinski definition) is 6. The Morgan fingerprint density at radius 3 is 2.52 bits per heavy atom. The van der Waals surface area contributed by atoms with Crippen LogP contribution in [0.25, 0.3) is 0 Å². The molecule has 2 aromatic carbocycles. The maximum absolute atomic E-state index is 12.2. The predicted molar refractivity (Wildman–Crippen MR) is 104 cm³/mol. The highest BCUT2D eigenvalue weighted by Gasteiger charge is 2.12. The number of ether oxygens (including phenoxy) is 2. The topological polar surface area (TPSA) is 120 Å². The molecule has 0 saturated heterocycles. The molecule has 27 heavy (non-hydrogen) atoms. The van der Waals surface area contributed by atoms with Crippen LogP contribution in [0.15, 0.2) is 56.9 Å². The first kappa shape index (κ1) is 20.7. The van der Waals surface area contributed by atoms with Crippen LogP contribution in [0.5, 0.6) is 11.5 Å². The molecule has 144 valence electrons. The van der Waals surface area contributed by atoms with Crippen molar-refractivity contribution in [2.24, 2.45) is 10.8 Å². The number of nitrogens with one attached hydrogen (secondary N) is 1. The van der Waals surface area contributed by atoms with Crippen molar-refractivity contribution in [2.45, 2.75) is 11.8 Å². The molecular weight excluding hydrogens is 438 g/mol. The highest BCUT2D eigenvalue weighted by molar-refractivity contribution is 9.10. The van der Waals surface area contributed by atoms with Gasteiger partial charge in [0.15, 0.2) is 18.1 Å². The van der Waals surface area contributed by atoms with E-state index in [1.807, 2.05) is 0 Å². The number of hydrazone groups is 1. The van der Waals surface area contributed by atoms with Crippen LogP contribution in [-0.4, -0.2) is 33.8 Å². The van der Waals surface area contributed by atoms with Crippen LogP contribution in [-0.2, 0) is 14.8 Å². The molecule has 0 aromatic heterocycles. The number of nitrogens with two attached hydrogens (primary N) is 1. The third kappa shape index (κ3) is 6.26. The number of halogens is 1. The molecule has 0 spiro atoms. The summed E-state index contributed by atoms with van der Waals surface area (Å²) < 4.78 is 35.9. The Labute approximate surface area is 165 Å². The fourth-order valence-corrected chi connectivity index (χ4v) is 3.03. The number of carbonyl (C=O) groups is 1. The molecule has 1 amide bonds. The van der Waals surface area contributed by atoms with E-state index in [0.29, 0.717) is 23.7 Å². The van der Waals surface area contributed by atoms with Crippen molar-refractivity contribution in [3.63, 3.8) is 0 Å². The number of rotatable bonds is 9. The second-order valence-electron chi connectivity index (χ2n) is 5.20. The molecule has 2 aromatic rings. The molecule has 0 atom stereocenters. The quantitative estimate of drug-likeness (QED) is 0.442. The van der Waals surface area contributed by atoms with Crippen molar-refractivity contribution in [1.82, 2.24) is 4.83 Å². The summed E-state index contributed by atoms with van der Waals surface area (Å²) in [4.78, 5) is 13.1. The molecule has 8 nitrogen and oxygen atoms in total. The Morgan fingerprint density at radius 2 is 1.89 bits per heavy atom. The molecule has 0 aliphatic rings. The number of benzene rings is 2. The van der Waals surface area contributed by atoms with Gasteiger partial charge in [-0.15, -0.1) is 0 Å². The van der Waals surface area contributed by atoms with Crippen molar-refractivity contribution in [2.75, 3.05) is 13.2 Å². The SMILES string of the molecule is CCOc1cc(/C=N\NS(=O)(=O)c2ccc(Br)cc2)ccc1OCC(N)=O. The highest BCUT2D eigenvalue weighted by Crippen LogP contribution is 2.28. The van der Waals surface area contributed by atoms with E-state index in [2.05, 4.69) is 25.9 Å². The van der Waals surface area contributed by atoms with Crippen molar-refractivity contribution in [3.05, 3.63) is 52.5 Å². The number of nitrogens with zero attached hydrogens (tertiary/aromatic N) is 1. The highest BCUT2D eigenvalue weighted by atomic mass is 79.9. The van der Waals surface area contributed by atoms with Crippen LogP contribution in [0.3, 0.4) is 0 Å². The van der Waals surface area contributed by atoms with Gasteiger partial charge in [-0.25, -0.2) is 4.83 Å². The molecule has 0 aliphatic carbocycles. The smallest absolute Gasteiger partial charge is 0.276 e. The molecule has 2 rings (SSSR count). The summed E-state index contributed by atoms with van der Waals surface area (Å²) in [5.74, 6) is 0.132. The first-order valence-electron chi connectivity index (χ1n) is 7.80. The van der Waals surface area contributed by atoms with Crippen LogP contribution in [0.4, 0.5) is 0 Å². The summed E-state index contributed by atoms with van der Waals surface area (Å²) in [6.07, 6.45) is 1.33. The molecule has 0 aliphatic heterocycles. The van der Waals surface area contributed by atoms with E-state index in [1.54, 1.807) is 37.3 Å². The Kier molecular flexibility index (Phi) is 7.19. The lowest BCUT2D eigenvalue weighted by atomic mass is 10.2. The molecule has 0 radical (unpaired) electrons. The van der Waals surface area contributed by atoms with E-state index in [0.717, 1.165) is 4.47 Å². The maximum atomic E-state index is 12.2. The third-order valence-electron chi connectivity index (χ3n) is 3.15. The number of hydrogen-bond donors (Lipinski definition) is 2. The van der Waals surface area contributed by atoms with Gasteiger partial charge in [-0.2, -0.15) is 13.5 Å². The van der Waals surface area contributed by atoms with Crippen LogP contribution >= 0.6 is 15.9 Å². The Hall–Kier alpha value is -2.59. The van der Waals surface area contributed by atoms with E-state index in [-0.39, 0.29) is 11.5 Å². The molecule has 0 saturated carbocycles. The standard InChI is InChI=1S/C17H18BrN3O5S/c1-2-25-16-9-12(3-8-15(16)26-11-17(19)22)10-20-21-27(23,24)14-6-4-13(18)5-7-14/h3-10,21H,2,11H2,1H3,(H2,19,22)/b20-10-. The van der Waals surface area contributed by atoms with Crippen molar-refractivity contribution >= 4 is 38.1 Å². The van der Waals surface area contributed by atoms with Crippen molar-refractivity contribution in [1.29, 1.82) is 0 Å². The van der Waals surface area contributed by atoms with Crippen LogP contribution in [0.2, 0.25) is 0 Å². The van der Waals surface area contributed by atoms with Gasteiger partial charge in [0, 0.05) is 4.47 Å². The minimum absolute atomic E-state index is 0.0908. The fourth-order valence-electron chi connectivity index (χ4n) is 1.98. The van der Waals surface area contributed by atoms with Gasteiger partial charge in [0.1, 0.15) is 0 Å². The molecule has 3 N–H and O–H groups in total. The zero-order valence-corrected chi connectivity index (χ0v) is 16.8. The first-order chi connectivity index (χ1) is 12.8. The summed E-state index contributed by atoms with van der Waals surface area (Å²) in [6, 6.07) is 11.0. The average Bonchev–Trinajstić information content (AvgIpc) is 2.61. The Bertz CT molecular complexity index is 930. The zero-order valence-electron chi connectivity index (χ0n) is 14.4. The molecule has 10 heteroatoms. The summed E-state index contributed by atoms with van der Waals surface area (Å²) in [7, 11) is -3.77. The van der Waals surface area contributed by atoms with Gasteiger partial charge in [-0.1, -0.05) is 15.9 Å². The third-order valence-corrected chi connectivity index (χ3v) is 4.92. The number of sulfonamides is 1. The normalized spacial score (nSPS) is 11.3. The monoisotopic (exact) mass is 455 g/mol. The molecule has 0 unspecified atom stereocenters. The molecular formula is C17H18BrN3O5S. The van der Waals surface area contributed by atoms with Gasteiger partial charge in [0.2, 0.25) is 0 Å². The molecule has 0 bridgehead atoms. The van der Waals surface area contributed by atoms with Gasteiger partial charge in [-0.05, 0) is 55.0 Å². The van der Waals surface area contributed by atoms with Crippen molar-refractivity contribution < 1.29 is 22.7 Å². The van der Waals surface area contributed by atoms with E-state index in [1.165, 1.54) is 18.3 Å². The fraction of sp³-hybridized carbons (Fsp3) is 0.176. The van der Waals surface area contributed by atoms with E-state index >= 15 is 0 Å². The molecule has 0 heterocycles. The zero-order chi connectivity index (χ0) is 19.9. The van der Waals surface area contributed by atoms with Crippen molar-refractivity contribution in [3.8, 4) is 11.5 Å². The summed E-state index contributed by atoms with van der Waals surface area (Å²) >= 11 is 3.25. The predicted octanol–water partition coefficient (Wildman–Crippen LogP) is 2.02. The van der Waals surface area contributed by atoms with Gasteiger partial charge in [-0.3, -0.25) is 4.79 Å². The van der Waals surface area contributed by atoms with E-state index in [4.69, 9.17) is 15.2 Å².